The molecule has 3 nitrogen and oxygen atoms in total. The molecule has 2 aromatic rings. The molecule has 0 fully saturated rings. The fraction of sp³-hybridized carbons (Fsp3) is 0.273. The summed E-state index contributed by atoms with van der Waals surface area (Å²) in [5.41, 5.74) is 6.16. The zero-order valence-corrected chi connectivity index (χ0v) is 10.0. The van der Waals surface area contributed by atoms with E-state index in [-0.39, 0.29) is 0 Å². The molecule has 0 amide bonds. The number of nitrogens with zero attached hydrogens (tertiary/aromatic N) is 2. The Balaban J connectivity index is 0.000000195. The van der Waals surface area contributed by atoms with Crippen LogP contribution in [0.25, 0.3) is 10.2 Å². The minimum atomic E-state index is 0.630. The number of aryl methyl sites for hydroxylation is 1. The third kappa shape index (κ3) is 3.67. The monoisotopic (exact) mass is 221 g/mol. The van der Waals surface area contributed by atoms with Crippen molar-refractivity contribution in [1.82, 2.24) is 4.98 Å². The largest absolute Gasteiger partial charge is 0.388 e. The van der Waals surface area contributed by atoms with Crippen molar-refractivity contribution < 1.29 is 0 Å². The molecule has 0 aliphatic heterocycles. The van der Waals surface area contributed by atoms with E-state index in [9.17, 15) is 0 Å². The number of thiazole rings is 1. The number of benzene rings is 1. The minimum Gasteiger partial charge on any atom is -0.388 e. The summed E-state index contributed by atoms with van der Waals surface area (Å²) < 4.78 is 1.28. The summed E-state index contributed by atoms with van der Waals surface area (Å²) in [6, 6.07) is 8.19. The highest BCUT2D eigenvalue weighted by atomic mass is 32.1. The molecule has 0 aliphatic carbocycles. The lowest BCUT2D eigenvalue weighted by Gasteiger charge is -1.80. The molecular formula is C11H15N3S. The normalized spacial score (nSPS) is 11.0. The Morgan fingerprint density at radius 1 is 1.40 bits per heavy atom. The maximum absolute atomic E-state index is 5.04. The first-order valence-electron chi connectivity index (χ1n) is 4.64. The molecule has 1 aromatic heterocycles. The van der Waals surface area contributed by atoms with E-state index in [1.807, 2.05) is 25.1 Å². The molecule has 80 valence electrons. The zero-order chi connectivity index (χ0) is 11.3. The SMILES string of the molecule is CN=C(C)N.Cc1nc2ccccc2s1. The van der Waals surface area contributed by atoms with Crippen molar-refractivity contribution in [3.05, 3.63) is 29.3 Å². The van der Waals surface area contributed by atoms with Gasteiger partial charge in [-0.25, -0.2) is 4.98 Å². The second kappa shape index (κ2) is 5.46. The van der Waals surface area contributed by atoms with Crippen LogP contribution in [0.3, 0.4) is 0 Å². The van der Waals surface area contributed by atoms with Gasteiger partial charge >= 0.3 is 0 Å². The highest BCUT2D eigenvalue weighted by Crippen LogP contribution is 2.19. The number of hydrogen-bond acceptors (Lipinski definition) is 3. The number of para-hydroxylation sites is 1. The smallest absolute Gasteiger partial charge is 0.0907 e. The molecule has 0 radical (unpaired) electrons. The first kappa shape index (κ1) is 11.7. The van der Waals surface area contributed by atoms with Gasteiger partial charge in [-0.3, -0.25) is 4.99 Å². The quantitative estimate of drug-likeness (QED) is 0.549. The van der Waals surface area contributed by atoms with E-state index in [0.717, 1.165) is 10.5 Å². The van der Waals surface area contributed by atoms with Gasteiger partial charge in [0, 0.05) is 7.05 Å². The number of rotatable bonds is 0. The maximum Gasteiger partial charge on any atom is 0.0907 e. The maximum atomic E-state index is 5.04. The molecule has 2 N–H and O–H groups in total. The first-order chi connectivity index (χ1) is 7.13. The van der Waals surface area contributed by atoms with E-state index in [4.69, 9.17) is 5.73 Å². The lowest BCUT2D eigenvalue weighted by molar-refractivity contribution is 1.35. The number of aliphatic imine (C=N–C) groups is 1. The first-order valence-corrected chi connectivity index (χ1v) is 5.46. The van der Waals surface area contributed by atoms with Gasteiger partial charge in [0.2, 0.25) is 0 Å². The second-order valence-electron chi connectivity index (χ2n) is 3.07. The zero-order valence-electron chi connectivity index (χ0n) is 9.19. The van der Waals surface area contributed by atoms with Gasteiger partial charge in [0.25, 0.3) is 0 Å². The summed E-state index contributed by atoms with van der Waals surface area (Å²) >= 11 is 1.74. The van der Waals surface area contributed by atoms with Crippen molar-refractivity contribution in [1.29, 1.82) is 0 Å². The van der Waals surface area contributed by atoms with E-state index >= 15 is 0 Å². The van der Waals surface area contributed by atoms with Gasteiger partial charge in [0.1, 0.15) is 0 Å². The van der Waals surface area contributed by atoms with Crippen LogP contribution in [-0.4, -0.2) is 17.9 Å². The average molecular weight is 221 g/mol. The van der Waals surface area contributed by atoms with E-state index in [1.165, 1.54) is 4.70 Å². The van der Waals surface area contributed by atoms with Crippen LogP contribution in [0.2, 0.25) is 0 Å². The Morgan fingerprint density at radius 3 is 2.53 bits per heavy atom. The number of hydrogen-bond donors (Lipinski definition) is 1. The van der Waals surface area contributed by atoms with Gasteiger partial charge in [0.05, 0.1) is 21.1 Å². The highest BCUT2D eigenvalue weighted by Gasteiger charge is 1.95. The molecular weight excluding hydrogens is 206 g/mol. The fourth-order valence-corrected chi connectivity index (χ4v) is 1.81. The summed E-state index contributed by atoms with van der Waals surface area (Å²) in [5.74, 6) is 0.630. The summed E-state index contributed by atoms with van der Waals surface area (Å²) in [5, 5.41) is 1.14. The molecule has 0 unspecified atom stereocenters. The number of aromatic nitrogens is 1. The third-order valence-corrected chi connectivity index (χ3v) is 2.71. The molecule has 0 saturated carbocycles. The van der Waals surface area contributed by atoms with Crippen molar-refractivity contribution >= 4 is 27.4 Å². The molecule has 0 bridgehead atoms. The predicted molar refractivity (Wildman–Crippen MR) is 67.6 cm³/mol. The minimum absolute atomic E-state index is 0.630. The molecule has 1 aromatic carbocycles. The summed E-state index contributed by atoms with van der Waals surface area (Å²) in [4.78, 5) is 7.92. The third-order valence-electron chi connectivity index (χ3n) is 1.75. The van der Waals surface area contributed by atoms with Crippen molar-refractivity contribution in [3.63, 3.8) is 0 Å². The van der Waals surface area contributed by atoms with Crippen LogP contribution in [-0.2, 0) is 0 Å². The Morgan fingerprint density at radius 2 is 2.00 bits per heavy atom. The van der Waals surface area contributed by atoms with Crippen LogP contribution in [0.15, 0.2) is 29.3 Å². The van der Waals surface area contributed by atoms with Crippen molar-refractivity contribution in [3.8, 4) is 0 Å². The lowest BCUT2D eigenvalue weighted by atomic mass is 10.3. The molecule has 0 aliphatic rings. The van der Waals surface area contributed by atoms with Crippen LogP contribution in [0, 0.1) is 6.92 Å². The molecule has 15 heavy (non-hydrogen) atoms. The Labute approximate surface area is 93.7 Å². The second-order valence-corrected chi connectivity index (χ2v) is 4.30. The van der Waals surface area contributed by atoms with Crippen LogP contribution in [0.1, 0.15) is 11.9 Å². The van der Waals surface area contributed by atoms with Crippen molar-refractivity contribution in [2.24, 2.45) is 10.7 Å². The molecule has 4 heteroatoms. The van der Waals surface area contributed by atoms with Crippen molar-refractivity contribution in [2.75, 3.05) is 7.05 Å². The Bertz CT molecular complexity index is 423. The fourth-order valence-electron chi connectivity index (χ4n) is 0.987. The molecule has 0 spiro atoms. The standard InChI is InChI=1S/C8H7NS.C3H8N2/c1-6-9-7-4-2-3-5-8(7)10-6;1-3(4)5-2/h2-5H,1H3;1-2H3,(H2,4,5). The Hall–Kier alpha value is -1.42. The van der Waals surface area contributed by atoms with Crippen LogP contribution in [0.5, 0.6) is 0 Å². The Kier molecular flexibility index (Phi) is 4.24. The lowest BCUT2D eigenvalue weighted by Crippen LogP contribution is -2.03. The van der Waals surface area contributed by atoms with Crippen LogP contribution < -0.4 is 5.73 Å². The molecule has 0 saturated heterocycles. The topological polar surface area (TPSA) is 51.3 Å². The van der Waals surface area contributed by atoms with Gasteiger partial charge in [0.15, 0.2) is 0 Å². The van der Waals surface area contributed by atoms with Gasteiger partial charge in [-0.15, -0.1) is 11.3 Å². The van der Waals surface area contributed by atoms with E-state index in [1.54, 1.807) is 25.3 Å². The van der Waals surface area contributed by atoms with E-state index < -0.39 is 0 Å². The van der Waals surface area contributed by atoms with Crippen molar-refractivity contribution in [2.45, 2.75) is 13.8 Å². The number of nitrogens with two attached hydrogens (primary N) is 1. The molecule has 1 heterocycles. The number of fused-ring (bicyclic) bond motifs is 1. The van der Waals surface area contributed by atoms with Gasteiger partial charge in [-0.1, -0.05) is 12.1 Å². The average Bonchev–Trinajstić information content (AvgIpc) is 2.58. The molecule has 0 atom stereocenters. The van der Waals surface area contributed by atoms with Gasteiger partial charge in [-0.05, 0) is 26.0 Å². The van der Waals surface area contributed by atoms with Crippen LogP contribution >= 0.6 is 11.3 Å². The van der Waals surface area contributed by atoms with Gasteiger partial charge in [-0.2, -0.15) is 0 Å². The van der Waals surface area contributed by atoms with Crippen LogP contribution in [0.4, 0.5) is 0 Å². The van der Waals surface area contributed by atoms with E-state index in [0.29, 0.717) is 5.84 Å². The number of amidine groups is 1. The van der Waals surface area contributed by atoms with E-state index in [2.05, 4.69) is 16.0 Å². The summed E-state index contributed by atoms with van der Waals surface area (Å²) in [6.45, 7) is 3.78. The molecule has 2 rings (SSSR count). The van der Waals surface area contributed by atoms with Gasteiger partial charge < -0.3 is 5.73 Å². The summed E-state index contributed by atoms with van der Waals surface area (Å²) in [7, 11) is 1.66. The summed E-state index contributed by atoms with van der Waals surface area (Å²) in [6.07, 6.45) is 0. The highest BCUT2D eigenvalue weighted by molar-refractivity contribution is 7.18. The predicted octanol–water partition coefficient (Wildman–Crippen LogP) is 2.60.